The zero-order chi connectivity index (χ0) is 18.8. The predicted molar refractivity (Wildman–Crippen MR) is 98.1 cm³/mol. The third kappa shape index (κ3) is 3.50. The number of fused-ring (bicyclic) bond motifs is 1. The second-order valence-corrected chi connectivity index (χ2v) is 6.51. The van der Waals surface area contributed by atoms with Gasteiger partial charge >= 0.3 is 0 Å². The molecule has 0 bridgehead atoms. The van der Waals surface area contributed by atoms with Crippen LogP contribution in [0.5, 0.6) is 0 Å². The number of nitro groups is 1. The van der Waals surface area contributed by atoms with E-state index < -0.39 is 11.0 Å². The van der Waals surface area contributed by atoms with Crippen molar-refractivity contribution in [1.82, 2.24) is 14.6 Å². The van der Waals surface area contributed by atoms with Crippen LogP contribution in [0.25, 0.3) is 5.65 Å². The van der Waals surface area contributed by atoms with Gasteiger partial charge in [0.2, 0.25) is 0 Å². The summed E-state index contributed by atoms with van der Waals surface area (Å²) in [5.41, 5.74) is 3.06. The first kappa shape index (κ1) is 17.8. The maximum atomic E-state index is 10.9. The van der Waals surface area contributed by atoms with Crippen LogP contribution in [0.2, 0.25) is 0 Å². The van der Waals surface area contributed by atoms with Crippen molar-refractivity contribution in [2.75, 3.05) is 5.32 Å². The van der Waals surface area contributed by atoms with E-state index in [1.54, 1.807) is 29.8 Å². The molecule has 0 amide bonds. The number of aromatic nitrogens is 3. The van der Waals surface area contributed by atoms with E-state index in [0.717, 1.165) is 11.1 Å². The van der Waals surface area contributed by atoms with E-state index in [1.807, 2.05) is 6.07 Å². The molecule has 0 saturated heterocycles. The zero-order valence-electron chi connectivity index (χ0n) is 14.9. The Morgan fingerprint density at radius 1 is 1.31 bits per heavy atom. The first-order valence-electron chi connectivity index (χ1n) is 8.40. The molecule has 0 saturated carbocycles. The fourth-order valence-electron chi connectivity index (χ4n) is 2.72. The summed E-state index contributed by atoms with van der Waals surface area (Å²) >= 11 is 0. The quantitative estimate of drug-likeness (QED) is 0.518. The molecule has 1 aromatic carbocycles. The van der Waals surface area contributed by atoms with Gasteiger partial charge in [0.15, 0.2) is 5.65 Å². The number of nitrogens with zero attached hydrogens (tertiary/aromatic N) is 4. The molecule has 8 nitrogen and oxygen atoms in total. The number of nitro benzene ring substituents is 1. The van der Waals surface area contributed by atoms with Gasteiger partial charge in [0.1, 0.15) is 5.82 Å². The monoisotopic (exact) mass is 355 g/mol. The average molecular weight is 355 g/mol. The van der Waals surface area contributed by atoms with E-state index in [2.05, 4.69) is 29.2 Å². The van der Waals surface area contributed by atoms with Gasteiger partial charge in [-0.3, -0.25) is 10.1 Å². The Hall–Kier alpha value is -3.00. The fraction of sp³-hybridized carbons (Fsp3) is 0.333. The maximum Gasteiger partial charge on any atom is 0.269 e. The van der Waals surface area contributed by atoms with Crippen molar-refractivity contribution in [2.24, 2.45) is 0 Å². The van der Waals surface area contributed by atoms with Crippen molar-refractivity contribution in [3.63, 3.8) is 0 Å². The van der Waals surface area contributed by atoms with Crippen LogP contribution in [0.3, 0.4) is 0 Å². The van der Waals surface area contributed by atoms with Crippen molar-refractivity contribution in [3.05, 3.63) is 63.5 Å². The highest BCUT2D eigenvalue weighted by atomic mass is 16.6. The van der Waals surface area contributed by atoms with Gasteiger partial charge in [0.05, 0.1) is 22.9 Å². The van der Waals surface area contributed by atoms with Gasteiger partial charge in [0.25, 0.3) is 5.69 Å². The Kier molecular flexibility index (Phi) is 4.85. The van der Waals surface area contributed by atoms with Crippen LogP contribution < -0.4 is 5.32 Å². The molecule has 2 N–H and O–H groups in total. The van der Waals surface area contributed by atoms with E-state index in [-0.39, 0.29) is 11.6 Å². The SMILES string of the molecule is CC(C)c1cnn2c(NCc3cccc([N+](=O)[O-])c3)cc(C(C)O)nc12. The number of nitrogens with one attached hydrogen (secondary N) is 1. The molecule has 1 unspecified atom stereocenters. The summed E-state index contributed by atoms with van der Waals surface area (Å²) in [7, 11) is 0. The molecule has 26 heavy (non-hydrogen) atoms. The minimum Gasteiger partial charge on any atom is -0.387 e. The predicted octanol–water partition coefficient (Wildman–Crippen LogP) is 3.43. The number of rotatable bonds is 6. The van der Waals surface area contributed by atoms with E-state index in [1.165, 1.54) is 12.1 Å². The third-order valence-corrected chi connectivity index (χ3v) is 4.16. The Morgan fingerprint density at radius 3 is 2.73 bits per heavy atom. The highest BCUT2D eigenvalue weighted by Crippen LogP contribution is 2.25. The normalized spacial score (nSPS) is 12.5. The van der Waals surface area contributed by atoms with Gasteiger partial charge in [-0.15, -0.1) is 0 Å². The van der Waals surface area contributed by atoms with Crippen LogP contribution in [-0.4, -0.2) is 24.6 Å². The van der Waals surface area contributed by atoms with Crippen molar-refractivity contribution in [3.8, 4) is 0 Å². The molecule has 3 rings (SSSR count). The summed E-state index contributed by atoms with van der Waals surface area (Å²) in [5.74, 6) is 0.915. The van der Waals surface area contributed by atoms with E-state index in [9.17, 15) is 15.2 Å². The molecule has 1 atom stereocenters. The minimum atomic E-state index is -0.715. The number of hydrogen-bond acceptors (Lipinski definition) is 6. The van der Waals surface area contributed by atoms with Crippen LogP contribution in [0.4, 0.5) is 11.5 Å². The van der Waals surface area contributed by atoms with Crippen LogP contribution in [-0.2, 0) is 6.54 Å². The highest BCUT2D eigenvalue weighted by molar-refractivity contribution is 5.56. The summed E-state index contributed by atoms with van der Waals surface area (Å²) < 4.78 is 1.69. The largest absolute Gasteiger partial charge is 0.387 e. The van der Waals surface area contributed by atoms with E-state index in [4.69, 9.17) is 0 Å². The van der Waals surface area contributed by atoms with Crippen LogP contribution >= 0.6 is 0 Å². The topological polar surface area (TPSA) is 106 Å². The molecule has 0 spiro atoms. The maximum absolute atomic E-state index is 10.9. The summed E-state index contributed by atoms with van der Waals surface area (Å²) in [5, 5.41) is 28.5. The molecule has 0 radical (unpaired) electrons. The van der Waals surface area contributed by atoms with Gasteiger partial charge in [-0.25, -0.2) is 4.98 Å². The zero-order valence-corrected chi connectivity index (χ0v) is 14.9. The molecule has 2 aromatic heterocycles. The first-order valence-corrected chi connectivity index (χ1v) is 8.40. The molecule has 0 aliphatic carbocycles. The summed E-state index contributed by atoms with van der Waals surface area (Å²) in [6.45, 7) is 6.17. The van der Waals surface area contributed by atoms with E-state index >= 15 is 0 Å². The Bertz CT molecular complexity index is 949. The third-order valence-electron chi connectivity index (χ3n) is 4.16. The summed E-state index contributed by atoms with van der Waals surface area (Å²) in [6, 6.07) is 8.21. The van der Waals surface area contributed by atoms with Gasteiger partial charge in [0, 0.05) is 30.3 Å². The number of non-ortho nitro benzene ring substituents is 1. The lowest BCUT2D eigenvalue weighted by atomic mass is 10.1. The smallest absolute Gasteiger partial charge is 0.269 e. The molecule has 136 valence electrons. The van der Waals surface area contributed by atoms with Crippen LogP contribution in [0, 0.1) is 10.1 Å². The molecular formula is C18H21N5O3. The van der Waals surface area contributed by atoms with Gasteiger partial charge in [-0.05, 0) is 18.4 Å². The average Bonchev–Trinajstić information content (AvgIpc) is 3.04. The summed E-state index contributed by atoms with van der Waals surface area (Å²) in [4.78, 5) is 15.0. The molecule has 3 aromatic rings. The fourth-order valence-corrected chi connectivity index (χ4v) is 2.72. The second kappa shape index (κ2) is 7.09. The molecule has 0 fully saturated rings. The lowest BCUT2D eigenvalue weighted by molar-refractivity contribution is -0.384. The van der Waals surface area contributed by atoms with Crippen molar-refractivity contribution in [2.45, 2.75) is 39.3 Å². The Labute approximate surface area is 150 Å². The van der Waals surface area contributed by atoms with Gasteiger partial charge in [-0.2, -0.15) is 9.61 Å². The van der Waals surface area contributed by atoms with Gasteiger partial charge in [-0.1, -0.05) is 26.0 Å². The Balaban J connectivity index is 1.96. The Morgan fingerprint density at radius 2 is 2.08 bits per heavy atom. The molecule has 0 aliphatic heterocycles. The van der Waals surface area contributed by atoms with Crippen molar-refractivity contribution in [1.29, 1.82) is 0 Å². The molecular weight excluding hydrogens is 334 g/mol. The lowest BCUT2D eigenvalue weighted by Crippen LogP contribution is -2.09. The first-order chi connectivity index (χ1) is 12.4. The minimum absolute atomic E-state index is 0.0510. The van der Waals surface area contributed by atoms with Crippen LogP contribution in [0.1, 0.15) is 49.6 Å². The molecule has 2 heterocycles. The van der Waals surface area contributed by atoms with Crippen molar-refractivity contribution >= 4 is 17.2 Å². The number of aliphatic hydroxyl groups is 1. The highest BCUT2D eigenvalue weighted by Gasteiger charge is 2.16. The summed E-state index contributed by atoms with van der Waals surface area (Å²) in [6.07, 6.45) is 1.06. The standard InChI is InChI=1S/C18H21N5O3/c1-11(2)15-10-20-22-17(8-16(12(3)24)21-18(15)22)19-9-13-5-4-6-14(7-13)23(25)26/h4-8,10-12,19,24H,9H2,1-3H3. The lowest BCUT2D eigenvalue weighted by Gasteiger charge is -2.13. The van der Waals surface area contributed by atoms with E-state index in [0.29, 0.717) is 23.7 Å². The van der Waals surface area contributed by atoms with Crippen molar-refractivity contribution < 1.29 is 10.0 Å². The number of benzene rings is 1. The second-order valence-electron chi connectivity index (χ2n) is 6.51. The molecule has 8 heteroatoms. The van der Waals surface area contributed by atoms with Gasteiger partial charge < -0.3 is 10.4 Å². The number of aliphatic hydroxyl groups excluding tert-OH is 1. The number of hydrogen-bond donors (Lipinski definition) is 2. The van der Waals surface area contributed by atoms with Crippen LogP contribution in [0.15, 0.2) is 36.5 Å². The number of anilines is 1. The molecule has 0 aliphatic rings.